The number of β-amino-alcohol motifs (C(OH)–C–C–N with tert-alkyl or cyclic N) is 1. The van der Waals surface area contributed by atoms with E-state index in [0.29, 0.717) is 33.7 Å². The van der Waals surface area contributed by atoms with Crippen molar-refractivity contribution in [3.05, 3.63) is 51.4 Å². The Morgan fingerprint density at radius 2 is 2.03 bits per heavy atom. The molecular formula is C22H26Cl2N6O3. The SMILES string of the molecule is Cc1cc2nnc(C(=O)NC[C@@H](O)CN3CCC(Oc4cccc(Cl)c4Cl)CC3)c(C)n2n1. The van der Waals surface area contributed by atoms with Gasteiger partial charge in [-0.3, -0.25) is 4.79 Å². The van der Waals surface area contributed by atoms with E-state index in [1.165, 1.54) is 0 Å². The fourth-order valence-electron chi connectivity index (χ4n) is 3.91. The lowest BCUT2D eigenvalue weighted by Gasteiger charge is -2.33. The molecule has 0 saturated carbocycles. The van der Waals surface area contributed by atoms with Gasteiger partial charge in [-0.1, -0.05) is 29.3 Å². The van der Waals surface area contributed by atoms with E-state index in [9.17, 15) is 9.90 Å². The molecule has 3 aromatic rings. The first-order valence-electron chi connectivity index (χ1n) is 10.8. The highest BCUT2D eigenvalue weighted by Gasteiger charge is 2.24. The molecule has 4 rings (SSSR count). The zero-order chi connectivity index (χ0) is 23.5. The Balaban J connectivity index is 1.24. The van der Waals surface area contributed by atoms with Crippen LogP contribution in [-0.4, -0.2) is 74.1 Å². The van der Waals surface area contributed by atoms with Crippen LogP contribution in [0.4, 0.5) is 0 Å². The maximum absolute atomic E-state index is 12.6. The molecule has 1 aliphatic heterocycles. The Morgan fingerprint density at radius 1 is 1.27 bits per heavy atom. The Kier molecular flexibility index (Phi) is 7.33. The van der Waals surface area contributed by atoms with E-state index in [2.05, 4.69) is 25.5 Å². The molecule has 2 N–H and O–H groups in total. The fraction of sp³-hybridized carbons (Fsp3) is 0.455. The zero-order valence-electron chi connectivity index (χ0n) is 18.5. The molecule has 3 heterocycles. The van der Waals surface area contributed by atoms with Gasteiger partial charge in [0.2, 0.25) is 0 Å². The van der Waals surface area contributed by atoms with Crippen LogP contribution in [0, 0.1) is 13.8 Å². The quantitative estimate of drug-likeness (QED) is 0.522. The molecule has 1 aliphatic rings. The van der Waals surface area contributed by atoms with E-state index in [1.807, 2.05) is 19.1 Å². The number of aryl methyl sites for hydroxylation is 2. The third kappa shape index (κ3) is 5.55. The number of hydrogen-bond donors (Lipinski definition) is 2. The molecule has 9 nitrogen and oxygen atoms in total. The van der Waals surface area contributed by atoms with Crippen molar-refractivity contribution in [1.82, 2.24) is 30.0 Å². The molecule has 0 spiro atoms. The van der Waals surface area contributed by atoms with Crippen molar-refractivity contribution in [1.29, 1.82) is 0 Å². The Labute approximate surface area is 201 Å². The average Bonchev–Trinajstić information content (AvgIpc) is 3.18. The minimum Gasteiger partial charge on any atom is -0.489 e. The molecule has 176 valence electrons. The average molecular weight is 493 g/mol. The van der Waals surface area contributed by atoms with Gasteiger partial charge in [0.1, 0.15) is 16.9 Å². The molecule has 0 unspecified atom stereocenters. The second kappa shape index (κ2) is 10.2. The number of rotatable bonds is 7. The van der Waals surface area contributed by atoms with Crippen LogP contribution in [0.25, 0.3) is 5.65 Å². The van der Waals surface area contributed by atoms with Crippen LogP contribution in [0.5, 0.6) is 5.75 Å². The number of ether oxygens (including phenoxy) is 1. The van der Waals surface area contributed by atoms with Crippen molar-refractivity contribution in [3.8, 4) is 5.75 Å². The highest BCUT2D eigenvalue weighted by atomic mass is 35.5. The molecule has 1 saturated heterocycles. The normalized spacial score (nSPS) is 16.2. The third-order valence-corrected chi connectivity index (χ3v) is 6.45. The third-order valence-electron chi connectivity index (χ3n) is 5.65. The van der Waals surface area contributed by atoms with Crippen molar-refractivity contribution in [2.45, 2.75) is 38.9 Å². The summed E-state index contributed by atoms with van der Waals surface area (Å²) in [4.78, 5) is 14.7. The number of carbonyl (C=O) groups excluding carboxylic acids is 1. The molecule has 2 aromatic heterocycles. The van der Waals surface area contributed by atoms with Gasteiger partial charge in [0.05, 0.1) is 22.5 Å². The molecule has 1 amide bonds. The monoisotopic (exact) mass is 492 g/mol. The van der Waals surface area contributed by atoms with Crippen LogP contribution in [0.2, 0.25) is 10.0 Å². The second-order valence-corrected chi connectivity index (χ2v) is 9.01. The van der Waals surface area contributed by atoms with Gasteiger partial charge < -0.3 is 20.1 Å². The number of piperidine rings is 1. The molecule has 33 heavy (non-hydrogen) atoms. The highest BCUT2D eigenvalue weighted by Crippen LogP contribution is 2.33. The van der Waals surface area contributed by atoms with Crippen molar-refractivity contribution in [3.63, 3.8) is 0 Å². The number of aliphatic hydroxyl groups is 1. The molecule has 0 radical (unpaired) electrons. The van der Waals surface area contributed by atoms with Gasteiger partial charge in [-0.05, 0) is 38.8 Å². The standard InChI is InChI=1S/C22H26Cl2N6O3/c1-13-10-19-26-27-21(14(2)30(19)28-13)22(32)25-11-15(31)12-29-8-6-16(7-9-29)33-18-5-3-4-17(23)20(18)24/h3-5,10,15-16,31H,6-9,11-12H2,1-2H3,(H,25,32)/t15-/m1/s1. The summed E-state index contributed by atoms with van der Waals surface area (Å²) >= 11 is 12.3. The number of nitrogens with one attached hydrogen (secondary N) is 1. The lowest BCUT2D eigenvalue weighted by Crippen LogP contribution is -2.45. The number of nitrogens with zero attached hydrogens (tertiary/aromatic N) is 5. The number of aliphatic hydroxyl groups excluding tert-OH is 1. The molecule has 0 bridgehead atoms. The van der Waals surface area contributed by atoms with Gasteiger partial charge in [0.15, 0.2) is 11.3 Å². The van der Waals surface area contributed by atoms with Crippen LogP contribution in [0.1, 0.15) is 34.7 Å². The number of amides is 1. The zero-order valence-corrected chi connectivity index (χ0v) is 20.0. The van der Waals surface area contributed by atoms with Crippen LogP contribution in [0.15, 0.2) is 24.3 Å². The molecule has 1 aromatic carbocycles. The fourth-order valence-corrected chi connectivity index (χ4v) is 4.24. The van der Waals surface area contributed by atoms with Crippen molar-refractivity contribution < 1.29 is 14.6 Å². The van der Waals surface area contributed by atoms with Gasteiger partial charge in [0, 0.05) is 32.2 Å². The van der Waals surface area contributed by atoms with E-state index in [0.717, 1.165) is 31.6 Å². The largest absolute Gasteiger partial charge is 0.489 e. The summed E-state index contributed by atoms with van der Waals surface area (Å²) in [5.41, 5.74) is 2.18. The van der Waals surface area contributed by atoms with E-state index in [-0.39, 0.29) is 24.2 Å². The predicted octanol–water partition coefficient (Wildman–Crippen LogP) is 2.68. The van der Waals surface area contributed by atoms with E-state index in [4.69, 9.17) is 27.9 Å². The summed E-state index contributed by atoms with van der Waals surface area (Å²) in [5.74, 6) is 0.201. The molecule has 1 atom stereocenters. The number of hydrogen-bond acceptors (Lipinski definition) is 7. The van der Waals surface area contributed by atoms with Gasteiger partial charge in [-0.25, -0.2) is 4.52 Å². The van der Waals surface area contributed by atoms with Crippen LogP contribution < -0.4 is 10.1 Å². The summed E-state index contributed by atoms with van der Waals surface area (Å²) < 4.78 is 7.60. The number of fused-ring (bicyclic) bond motifs is 1. The van der Waals surface area contributed by atoms with Crippen molar-refractivity contribution in [2.75, 3.05) is 26.2 Å². The summed E-state index contributed by atoms with van der Waals surface area (Å²) in [6.07, 6.45) is 0.939. The topological polar surface area (TPSA) is 105 Å². The van der Waals surface area contributed by atoms with Gasteiger partial charge >= 0.3 is 0 Å². The highest BCUT2D eigenvalue weighted by molar-refractivity contribution is 6.42. The minimum absolute atomic E-state index is 0.0384. The van der Waals surface area contributed by atoms with E-state index < -0.39 is 6.10 Å². The van der Waals surface area contributed by atoms with Crippen LogP contribution in [0.3, 0.4) is 0 Å². The predicted molar refractivity (Wildman–Crippen MR) is 125 cm³/mol. The summed E-state index contributed by atoms with van der Waals surface area (Å²) in [6, 6.07) is 7.14. The molecule has 11 heteroatoms. The lowest BCUT2D eigenvalue weighted by molar-refractivity contribution is 0.0593. The molecule has 1 fully saturated rings. The summed E-state index contributed by atoms with van der Waals surface area (Å²) in [5, 5.41) is 26.5. The molecule has 0 aliphatic carbocycles. The second-order valence-electron chi connectivity index (χ2n) is 8.22. The number of aromatic nitrogens is 4. The summed E-state index contributed by atoms with van der Waals surface area (Å²) in [6.45, 7) is 5.73. The summed E-state index contributed by atoms with van der Waals surface area (Å²) in [7, 11) is 0. The van der Waals surface area contributed by atoms with E-state index in [1.54, 1.807) is 23.6 Å². The number of carbonyl (C=O) groups is 1. The Morgan fingerprint density at radius 3 is 2.79 bits per heavy atom. The number of benzene rings is 1. The van der Waals surface area contributed by atoms with Crippen molar-refractivity contribution >= 4 is 34.8 Å². The van der Waals surface area contributed by atoms with Gasteiger partial charge in [-0.2, -0.15) is 5.10 Å². The first kappa shape index (κ1) is 23.7. The van der Waals surface area contributed by atoms with Gasteiger partial charge in [0.25, 0.3) is 5.91 Å². The van der Waals surface area contributed by atoms with Crippen molar-refractivity contribution in [2.24, 2.45) is 0 Å². The minimum atomic E-state index is -0.710. The van der Waals surface area contributed by atoms with Crippen LogP contribution >= 0.6 is 23.2 Å². The first-order chi connectivity index (χ1) is 15.8. The maximum Gasteiger partial charge on any atom is 0.273 e. The first-order valence-corrected chi connectivity index (χ1v) is 11.6. The Hall–Kier alpha value is -2.46. The van der Waals surface area contributed by atoms with Crippen LogP contribution in [-0.2, 0) is 0 Å². The number of halogens is 2. The van der Waals surface area contributed by atoms with Gasteiger partial charge in [-0.15, -0.1) is 10.2 Å². The lowest BCUT2D eigenvalue weighted by atomic mass is 10.1. The maximum atomic E-state index is 12.6. The Bertz CT molecular complexity index is 1150. The number of likely N-dealkylation sites (tertiary alicyclic amines) is 1. The molecular weight excluding hydrogens is 467 g/mol. The van der Waals surface area contributed by atoms with E-state index >= 15 is 0 Å². The smallest absolute Gasteiger partial charge is 0.273 e.